The fraction of sp³-hybridized carbons (Fsp3) is 0.357. The molecule has 2 aromatic rings. The van der Waals surface area contributed by atoms with Gasteiger partial charge in [0, 0.05) is 10.9 Å². The standard InChI is InChI=1S/C14H15NO2/c1-9-5-12-11-6-10(16-2)3-4-13(11)15-7-14(12)17-8-9/h3-4,6-7,9H,5,8H2,1-2H3. The predicted molar refractivity (Wildman–Crippen MR) is 66.7 cm³/mol. The van der Waals surface area contributed by atoms with Crippen molar-refractivity contribution in [3.05, 3.63) is 30.0 Å². The Morgan fingerprint density at radius 2 is 2.29 bits per heavy atom. The van der Waals surface area contributed by atoms with Crippen LogP contribution in [0.15, 0.2) is 24.4 Å². The van der Waals surface area contributed by atoms with Crippen molar-refractivity contribution in [1.29, 1.82) is 0 Å². The van der Waals surface area contributed by atoms with E-state index < -0.39 is 0 Å². The third kappa shape index (κ3) is 1.71. The van der Waals surface area contributed by atoms with Crippen LogP contribution in [0.2, 0.25) is 0 Å². The Bertz CT molecular complexity index is 560. The van der Waals surface area contributed by atoms with Crippen molar-refractivity contribution in [2.24, 2.45) is 5.92 Å². The fourth-order valence-electron chi connectivity index (χ4n) is 2.31. The number of rotatable bonds is 1. The van der Waals surface area contributed by atoms with E-state index in [1.54, 1.807) is 7.11 Å². The summed E-state index contributed by atoms with van der Waals surface area (Å²) in [6, 6.07) is 5.98. The molecule has 0 saturated carbocycles. The Morgan fingerprint density at radius 1 is 1.41 bits per heavy atom. The van der Waals surface area contributed by atoms with Gasteiger partial charge in [-0.25, -0.2) is 0 Å². The Balaban J connectivity index is 2.24. The Morgan fingerprint density at radius 3 is 3.12 bits per heavy atom. The summed E-state index contributed by atoms with van der Waals surface area (Å²) in [6.45, 7) is 2.99. The third-order valence-corrected chi connectivity index (χ3v) is 3.22. The zero-order valence-corrected chi connectivity index (χ0v) is 10.1. The van der Waals surface area contributed by atoms with Gasteiger partial charge in [0.15, 0.2) is 0 Å². The van der Waals surface area contributed by atoms with Crippen molar-refractivity contribution in [3.63, 3.8) is 0 Å². The molecule has 1 aliphatic heterocycles. The van der Waals surface area contributed by atoms with Gasteiger partial charge >= 0.3 is 0 Å². The van der Waals surface area contributed by atoms with Gasteiger partial charge in [-0.2, -0.15) is 0 Å². The first-order valence-electron chi connectivity index (χ1n) is 5.86. The lowest BCUT2D eigenvalue weighted by Gasteiger charge is -2.23. The number of hydrogen-bond donors (Lipinski definition) is 0. The third-order valence-electron chi connectivity index (χ3n) is 3.22. The maximum Gasteiger partial charge on any atom is 0.141 e. The normalized spacial score (nSPS) is 18.6. The number of fused-ring (bicyclic) bond motifs is 3. The second-order valence-electron chi connectivity index (χ2n) is 4.60. The zero-order chi connectivity index (χ0) is 11.8. The molecule has 1 atom stereocenters. The summed E-state index contributed by atoms with van der Waals surface area (Å²) in [4.78, 5) is 4.41. The largest absolute Gasteiger partial charge is 0.497 e. The van der Waals surface area contributed by atoms with Crippen molar-refractivity contribution in [1.82, 2.24) is 4.98 Å². The topological polar surface area (TPSA) is 31.4 Å². The average molecular weight is 229 g/mol. The van der Waals surface area contributed by atoms with Gasteiger partial charge in [0.2, 0.25) is 0 Å². The van der Waals surface area contributed by atoms with Crippen LogP contribution < -0.4 is 9.47 Å². The minimum absolute atomic E-state index is 0.555. The van der Waals surface area contributed by atoms with Gasteiger partial charge in [-0.1, -0.05) is 6.92 Å². The average Bonchev–Trinajstić information content (AvgIpc) is 2.38. The maximum atomic E-state index is 5.71. The van der Waals surface area contributed by atoms with Gasteiger partial charge in [-0.3, -0.25) is 4.98 Å². The van der Waals surface area contributed by atoms with E-state index in [2.05, 4.69) is 11.9 Å². The van der Waals surface area contributed by atoms with E-state index >= 15 is 0 Å². The minimum Gasteiger partial charge on any atom is -0.497 e. The number of hydrogen-bond acceptors (Lipinski definition) is 3. The summed E-state index contributed by atoms with van der Waals surface area (Å²) in [5, 5.41) is 1.15. The van der Waals surface area contributed by atoms with E-state index in [0.29, 0.717) is 5.92 Å². The fourth-order valence-corrected chi connectivity index (χ4v) is 2.31. The van der Waals surface area contributed by atoms with E-state index in [1.165, 1.54) is 5.56 Å². The van der Waals surface area contributed by atoms with Crippen LogP contribution >= 0.6 is 0 Å². The van der Waals surface area contributed by atoms with Gasteiger partial charge in [-0.05, 0) is 30.5 Å². The SMILES string of the molecule is COc1ccc2ncc3c(c2c1)CC(C)CO3. The first-order chi connectivity index (χ1) is 8.28. The zero-order valence-electron chi connectivity index (χ0n) is 10.1. The Hall–Kier alpha value is -1.77. The molecule has 3 heteroatoms. The monoisotopic (exact) mass is 229 g/mol. The first kappa shape index (κ1) is 10.4. The molecule has 0 N–H and O–H groups in total. The second kappa shape index (κ2) is 3.91. The Kier molecular flexibility index (Phi) is 2.39. The van der Waals surface area contributed by atoms with Crippen LogP contribution in [0, 0.1) is 5.92 Å². The van der Waals surface area contributed by atoms with Gasteiger partial charge in [0.25, 0.3) is 0 Å². The van der Waals surface area contributed by atoms with Crippen LogP contribution in [0.1, 0.15) is 12.5 Å². The molecule has 0 amide bonds. The van der Waals surface area contributed by atoms with Crippen molar-refractivity contribution in [2.45, 2.75) is 13.3 Å². The van der Waals surface area contributed by atoms with Crippen LogP contribution in [0.25, 0.3) is 10.9 Å². The molecular weight excluding hydrogens is 214 g/mol. The van der Waals surface area contributed by atoms with Crippen LogP contribution in [0.5, 0.6) is 11.5 Å². The molecule has 3 rings (SSSR count). The highest BCUT2D eigenvalue weighted by molar-refractivity contribution is 5.85. The molecule has 1 aliphatic rings. The number of aromatic nitrogens is 1. The molecule has 0 aliphatic carbocycles. The summed E-state index contributed by atoms with van der Waals surface area (Å²) >= 11 is 0. The summed E-state index contributed by atoms with van der Waals surface area (Å²) < 4.78 is 11.0. The number of methoxy groups -OCH3 is 1. The molecule has 17 heavy (non-hydrogen) atoms. The highest BCUT2D eigenvalue weighted by Gasteiger charge is 2.19. The van der Waals surface area contributed by atoms with Crippen LogP contribution in [0.3, 0.4) is 0 Å². The molecule has 0 fully saturated rings. The second-order valence-corrected chi connectivity index (χ2v) is 4.60. The lowest BCUT2D eigenvalue weighted by molar-refractivity contribution is 0.234. The highest BCUT2D eigenvalue weighted by Crippen LogP contribution is 2.33. The summed E-state index contributed by atoms with van der Waals surface area (Å²) in [6.07, 6.45) is 2.87. The molecule has 3 nitrogen and oxygen atoms in total. The smallest absolute Gasteiger partial charge is 0.141 e. The van der Waals surface area contributed by atoms with Crippen LogP contribution in [0.4, 0.5) is 0 Å². The molecule has 1 aromatic heterocycles. The predicted octanol–water partition coefficient (Wildman–Crippen LogP) is 2.81. The van der Waals surface area contributed by atoms with Gasteiger partial charge in [0.1, 0.15) is 11.5 Å². The van der Waals surface area contributed by atoms with E-state index in [4.69, 9.17) is 9.47 Å². The molecule has 88 valence electrons. The van der Waals surface area contributed by atoms with E-state index in [-0.39, 0.29) is 0 Å². The quantitative estimate of drug-likeness (QED) is 0.753. The van der Waals surface area contributed by atoms with Crippen molar-refractivity contribution in [3.8, 4) is 11.5 Å². The molecule has 0 spiro atoms. The lowest BCUT2D eigenvalue weighted by atomic mass is 9.95. The number of ether oxygens (including phenoxy) is 2. The molecule has 1 aromatic carbocycles. The van der Waals surface area contributed by atoms with Crippen molar-refractivity contribution < 1.29 is 9.47 Å². The number of pyridine rings is 1. The number of nitrogens with zero attached hydrogens (tertiary/aromatic N) is 1. The van der Waals surface area contributed by atoms with Crippen molar-refractivity contribution >= 4 is 10.9 Å². The molecule has 2 heterocycles. The summed E-state index contributed by atoms with van der Waals surface area (Å²) in [7, 11) is 1.68. The summed E-state index contributed by atoms with van der Waals surface area (Å²) in [5.41, 5.74) is 2.26. The van der Waals surface area contributed by atoms with Gasteiger partial charge in [0.05, 0.1) is 25.4 Å². The van der Waals surface area contributed by atoms with Crippen LogP contribution in [-0.4, -0.2) is 18.7 Å². The molecule has 0 saturated heterocycles. The molecule has 0 bridgehead atoms. The van der Waals surface area contributed by atoms with E-state index in [9.17, 15) is 0 Å². The van der Waals surface area contributed by atoms with Gasteiger partial charge in [-0.15, -0.1) is 0 Å². The highest BCUT2D eigenvalue weighted by atomic mass is 16.5. The maximum absolute atomic E-state index is 5.71. The van der Waals surface area contributed by atoms with E-state index in [0.717, 1.165) is 35.4 Å². The molecule has 0 radical (unpaired) electrons. The molecular formula is C14H15NO2. The van der Waals surface area contributed by atoms with Crippen molar-refractivity contribution in [2.75, 3.05) is 13.7 Å². The minimum atomic E-state index is 0.555. The number of benzene rings is 1. The van der Waals surface area contributed by atoms with Gasteiger partial charge < -0.3 is 9.47 Å². The van der Waals surface area contributed by atoms with Crippen LogP contribution in [-0.2, 0) is 6.42 Å². The molecule has 1 unspecified atom stereocenters. The Labute approximate surface area is 100 Å². The first-order valence-corrected chi connectivity index (χ1v) is 5.86. The summed E-state index contributed by atoms with van der Waals surface area (Å²) in [5.74, 6) is 2.34. The lowest BCUT2D eigenvalue weighted by Crippen LogP contribution is -2.18. The van der Waals surface area contributed by atoms with E-state index in [1.807, 2.05) is 24.4 Å².